The summed E-state index contributed by atoms with van der Waals surface area (Å²) in [6.45, 7) is 3.18. The lowest BCUT2D eigenvalue weighted by atomic mass is 10.3. The van der Waals surface area contributed by atoms with Crippen molar-refractivity contribution in [1.29, 1.82) is 0 Å². The smallest absolute Gasteiger partial charge is 0.199 e. The number of nitrogens with zero attached hydrogens (tertiary/aromatic N) is 1. The van der Waals surface area contributed by atoms with Crippen LogP contribution in [0.2, 0.25) is 0 Å². The lowest BCUT2D eigenvalue weighted by Crippen LogP contribution is -1.94. The second kappa shape index (κ2) is 2.98. The summed E-state index contributed by atoms with van der Waals surface area (Å²) in [5.41, 5.74) is 8.91. The largest absolute Gasteiger partial charge is 0.219 e. The predicted molar refractivity (Wildman–Crippen MR) is 45.6 cm³/mol. The lowest BCUT2D eigenvalue weighted by molar-refractivity contribution is 0.605. The molecule has 1 aromatic carbocycles. The van der Waals surface area contributed by atoms with Crippen LogP contribution in [0.3, 0.4) is 0 Å². The van der Waals surface area contributed by atoms with Gasteiger partial charge >= 0.3 is 0 Å². The molecule has 0 unspecified atom stereocenters. The summed E-state index contributed by atoms with van der Waals surface area (Å²) < 4.78 is 22.2. The topological polar surface area (TPSA) is 56.4 Å². The van der Waals surface area contributed by atoms with Crippen LogP contribution in [0.4, 0.5) is 5.69 Å². The summed E-state index contributed by atoms with van der Waals surface area (Å²) in [6, 6.07) is 5.28. The number of rotatable bonds is 2. The highest BCUT2D eigenvalue weighted by Crippen LogP contribution is 2.13. The Hall–Kier alpha value is -1.29. The predicted octanol–water partition coefficient (Wildman–Crippen LogP) is 1.30. The summed E-state index contributed by atoms with van der Waals surface area (Å²) in [6.07, 6.45) is 0. The average molecular weight is 181 g/mol. The molecular weight excluding hydrogens is 174 g/mol. The molecule has 1 rings (SSSR count). The lowest BCUT2D eigenvalue weighted by Gasteiger charge is -1.96. The molecule has 3 nitrogen and oxygen atoms in total. The normalized spacial score (nSPS) is 11.0. The maximum atomic E-state index is 11.1. The van der Waals surface area contributed by atoms with E-state index in [1.165, 1.54) is 24.3 Å². The van der Waals surface area contributed by atoms with Crippen LogP contribution in [0.15, 0.2) is 41.1 Å². The van der Waals surface area contributed by atoms with Gasteiger partial charge in [0.05, 0.1) is 10.6 Å². The van der Waals surface area contributed by atoms with Crippen LogP contribution in [0.25, 0.3) is 0 Å². The van der Waals surface area contributed by atoms with Gasteiger partial charge in [0.25, 0.3) is 0 Å². The van der Waals surface area contributed by atoms with E-state index in [4.69, 9.17) is 5.73 Å². The van der Waals surface area contributed by atoms with E-state index in [1.807, 2.05) is 0 Å². The third kappa shape index (κ3) is 1.65. The fourth-order valence-corrected chi connectivity index (χ4v) is 1.44. The van der Waals surface area contributed by atoms with Gasteiger partial charge in [-0.15, -0.1) is 0 Å². The molecule has 0 N–H and O–H groups in total. The van der Waals surface area contributed by atoms with Crippen molar-refractivity contribution in [2.24, 2.45) is 0 Å². The van der Waals surface area contributed by atoms with Crippen LogP contribution in [-0.4, -0.2) is 8.42 Å². The molecule has 12 heavy (non-hydrogen) atoms. The van der Waals surface area contributed by atoms with E-state index in [2.05, 4.69) is 6.58 Å². The Bertz CT molecular complexity index is 378. The van der Waals surface area contributed by atoms with Crippen LogP contribution in [-0.2, 0) is 9.84 Å². The molecule has 4 heteroatoms. The van der Waals surface area contributed by atoms with E-state index in [0.29, 0.717) is 0 Å². The van der Waals surface area contributed by atoms with Crippen molar-refractivity contribution in [1.82, 2.24) is 5.73 Å². The molecule has 0 aliphatic carbocycles. The van der Waals surface area contributed by atoms with Crippen LogP contribution in [0.5, 0.6) is 0 Å². The minimum absolute atomic E-state index is 0.0398. The van der Waals surface area contributed by atoms with Crippen LogP contribution in [0, 0.1) is 0 Å². The number of hydrogen-bond donors (Lipinski definition) is 0. The van der Waals surface area contributed by atoms with Crippen LogP contribution >= 0.6 is 0 Å². The Morgan fingerprint density at radius 3 is 2.17 bits per heavy atom. The monoisotopic (exact) mass is 181 g/mol. The molecule has 1 aromatic rings. The Morgan fingerprint density at radius 1 is 1.25 bits per heavy atom. The molecule has 0 atom stereocenters. The molecule has 0 spiro atoms. The molecular formula is C8H7NO2S. The summed E-state index contributed by atoms with van der Waals surface area (Å²) in [7, 11) is -3.36. The average Bonchev–Trinajstić information content (AvgIpc) is 2.05. The van der Waals surface area contributed by atoms with Crippen molar-refractivity contribution in [2.45, 2.75) is 4.90 Å². The summed E-state index contributed by atoms with van der Waals surface area (Å²) in [4.78, 5) is 0.135. The van der Waals surface area contributed by atoms with Gasteiger partial charge in [0, 0.05) is 5.41 Å². The van der Waals surface area contributed by atoms with Gasteiger partial charge in [0.1, 0.15) is 0 Å². The summed E-state index contributed by atoms with van der Waals surface area (Å²) in [5.74, 6) is 0. The zero-order valence-electron chi connectivity index (χ0n) is 6.27. The van der Waals surface area contributed by atoms with Crippen molar-refractivity contribution >= 4 is 15.5 Å². The fraction of sp³-hybridized carbons (Fsp3) is 0. The number of sulfone groups is 1. The molecule has 2 radical (unpaired) electrons. The SMILES string of the molecule is C=CS(=O)(=O)c1ccc([N])cc1. The van der Waals surface area contributed by atoms with Gasteiger partial charge in [-0.2, -0.15) is 5.73 Å². The third-order valence-electron chi connectivity index (χ3n) is 1.38. The van der Waals surface area contributed by atoms with Gasteiger partial charge in [-0.05, 0) is 24.3 Å². The van der Waals surface area contributed by atoms with Gasteiger partial charge in [0.2, 0.25) is 0 Å². The Kier molecular flexibility index (Phi) is 2.19. The fourth-order valence-electron chi connectivity index (χ4n) is 0.732. The van der Waals surface area contributed by atoms with Crippen molar-refractivity contribution in [3.05, 3.63) is 36.3 Å². The van der Waals surface area contributed by atoms with E-state index >= 15 is 0 Å². The van der Waals surface area contributed by atoms with Crippen LogP contribution < -0.4 is 5.73 Å². The minimum atomic E-state index is -3.36. The molecule has 0 aromatic heterocycles. The molecule has 62 valence electrons. The first-order valence-corrected chi connectivity index (χ1v) is 4.77. The van der Waals surface area contributed by atoms with Crippen molar-refractivity contribution < 1.29 is 8.42 Å². The van der Waals surface area contributed by atoms with E-state index in [-0.39, 0.29) is 10.6 Å². The van der Waals surface area contributed by atoms with Crippen molar-refractivity contribution in [3.8, 4) is 0 Å². The van der Waals surface area contributed by atoms with Gasteiger partial charge < -0.3 is 0 Å². The first-order chi connectivity index (χ1) is 5.56. The maximum absolute atomic E-state index is 11.1. The zero-order chi connectivity index (χ0) is 9.19. The second-order valence-electron chi connectivity index (χ2n) is 2.21. The van der Waals surface area contributed by atoms with Crippen LogP contribution in [0.1, 0.15) is 0 Å². The summed E-state index contributed by atoms with van der Waals surface area (Å²) in [5, 5.41) is 0.874. The molecule has 0 amide bonds. The molecule has 0 saturated heterocycles. The zero-order valence-corrected chi connectivity index (χ0v) is 7.08. The Balaban J connectivity index is 3.23. The Morgan fingerprint density at radius 2 is 1.75 bits per heavy atom. The van der Waals surface area contributed by atoms with Crippen molar-refractivity contribution in [2.75, 3.05) is 0 Å². The highest BCUT2D eigenvalue weighted by atomic mass is 32.2. The highest BCUT2D eigenvalue weighted by molar-refractivity contribution is 7.94. The van der Waals surface area contributed by atoms with Gasteiger partial charge in [-0.25, -0.2) is 8.42 Å². The molecule has 0 aliphatic heterocycles. The van der Waals surface area contributed by atoms with Gasteiger partial charge in [-0.1, -0.05) is 6.58 Å². The second-order valence-corrected chi connectivity index (χ2v) is 4.10. The third-order valence-corrected chi connectivity index (χ3v) is 2.75. The molecule has 0 aliphatic rings. The quantitative estimate of drug-likeness (QED) is 0.690. The van der Waals surface area contributed by atoms with E-state index in [9.17, 15) is 8.42 Å². The maximum Gasteiger partial charge on any atom is 0.199 e. The minimum Gasteiger partial charge on any atom is -0.219 e. The molecule has 0 heterocycles. The molecule has 0 fully saturated rings. The first-order valence-electron chi connectivity index (χ1n) is 3.23. The number of benzene rings is 1. The summed E-state index contributed by atoms with van der Waals surface area (Å²) >= 11 is 0. The van der Waals surface area contributed by atoms with E-state index in [1.54, 1.807) is 0 Å². The van der Waals surface area contributed by atoms with E-state index in [0.717, 1.165) is 5.41 Å². The van der Waals surface area contributed by atoms with Gasteiger partial charge in [-0.3, -0.25) is 0 Å². The van der Waals surface area contributed by atoms with Gasteiger partial charge in [0.15, 0.2) is 9.84 Å². The van der Waals surface area contributed by atoms with E-state index < -0.39 is 9.84 Å². The standard InChI is InChI=1S/C8H7NO2S/c1-2-12(10,11)8-5-3-7(9)4-6-8/h2-6H,1H2. The number of hydrogen-bond acceptors (Lipinski definition) is 2. The highest BCUT2D eigenvalue weighted by Gasteiger charge is 2.07. The molecule has 0 bridgehead atoms. The Labute approximate surface area is 71.4 Å². The first kappa shape index (κ1) is 8.80. The molecule has 0 saturated carbocycles. The van der Waals surface area contributed by atoms with Crippen molar-refractivity contribution in [3.63, 3.8) is 0 Å².